The van der Waals surface area contributed by atoms with E-state index in [9.17, 15) is 18.0 Å². The number of carbonyl (C=O) groups excluding carboxylic acids is 1. The van der Waals surface area contributed by atoms with Crippen LogP contribution in [0.5, 0.6) is 0 Å². The van der Waals surface area contributed by atoms with E-state index in [1.165, 1.54) is 15.3 Å². The third-order valence-corrected chi connectivity index (χ3v) is 7.47. The van der Waals surface area contributed by atoms with E-state index in [1.54, 1.807) is 36.4 Å². The van der Waals surface area contributed by atoms with E-state index in [0.717, 1.165) is 5.56 Å². The van der Waals surface area contributed by atoms with Crippen LogP contribution in [0.3, 0.4) is 0 Å². The topological polar surface area (TPSA) is 87.9 Å². The van der Waals surface area contributed by atoms with Crippen LogP contribution in [0.1, 0.15) is 35.9 Å². The number of carbonyl (C=O) groups is 1. The van der Waals surface area contributed by atoms with Gasteiger partial charge in [-0.3, -0.25) is 9.59 Å². The minimum Gasteiger partial charge on any atom is -0.451 e. The first-order valence-corrected chi connectivity index (χ1v) is 11.6. The van der Waals surface area contributed by atoms with Crippen molar-refractivity contribution >= 4 is 26.9 Å². The van der Waals surface area contributed by atoms with Crippen molar-refractivity contribution in [2.45, 2.75) is 24.7 Å². The monoisotopic (exact) mass is 440 g/mol. The Bertz CT molecular complexity index is 1270. The molecule has 4 rings (SSSR count). The second-order valence-corrected chi connectivity index (χ2v) is 9.83. The second kappa shape index (κ2) is 8.28. The summed E-state index contributed by atoms with van der Waals surface area (Å²) in [6.45, 7) is 4.90. The molecule has 0 unspecified atom stereocenters. The Kier molecular flexibility index (Phi) is 5.68. The summed E-state index contributed by atoms with van der Waals surface area (Å²) < 4.78 is 33.0. The Labute approximate surface area is 180 Å². The number of hydrogen-bond acceptors (Lipinski definition) is 5. The summed E-state index contributed by atoms with van der Waals surface area (Å²) in [5.74, 6) is -0.132. The lowest BCUT2D eigenvalue weighted by Gasteiger charge is -2.33. The Morgan fingerprint density at radius 1 is 0.968 bits per heavy atom. The lowest BCUT2D eigenvalue weighted by Crippen LogP contribution is -2.50. The summed E-state index contributed by atoms with van der Waals surface area (Å²) in [7, 11) is -3.63. The highest BCUT2D eigenvalue weighted by Gasteiger charge is 2.31. The molecule has 1 fully saturated rings. The second-order valence-electron chi connectivity index (χ2n) is 7.89. The van der Waals surface area contributed by atoms with Gasteiger partial charge in [0.1, 0.15) is 5.58 Å². The van der Waals surface area contributed by atoms with Crippen molar-refractivity contribution in [3.8, 4) is 0 Å². The highest BCUT2D eigenvalue weighted by Crippen LogP contribution is 2.22. The van der Waals surface area contributed by atoms with Crippen molar-refractivity contribution in [3.05, 3.63) is 76.1 Å². The van der Waals surface area contributed by atoms with E-state index in [1.807, 2.05) is 12.1 Å². The highest BCUT2D eigenvalue weighted by atomic mass is 32.2. The number of fused-ring (bicyclic) bond motifs is 1. The average Bonchev–Trinajstić information content (AvgIpc) is 2.78. The fourth-order valence-corrected chi connectivity index (χ4v) is 5.09. The van der Waals surface area contributed by atoms with E-state index in [4.69, 9.17) is 4.42 Å². The summed E-state index contributed by atoms with van der Waals surface area (Å²) in [4.78, 5) is 26.9. The van der Waals surface area contributed by atoms with Gasteiger partial charge in [0, 0.05) is 32.2 Å². The first-order chi connectivity index (χ1) is 14.8. The summed E-state index contributed by atoms with van der Waals surface area (Å²) >= 11 is 0. The molecule has 0 spiro atoms. The number of hydrogen-bond donors (Lipinski definition) is 0. The van der Waals surface area contributed by atoms with Gasteiger partial charge in [0.05, 0.1) is 10.3 Å². The molecule has 0 saturated carbocycles. The van der Waals surface area contributed by atoms with Gasteiger partial charge in [-0.05, 0) is 35.7 Å². The zero-order chi connectivity index (χ0) is 22.2. The van der Waals surface area contributed by atoms with Crippen LogP contribution in [-0.4, -0.2) is 49.7 Å². The van der Waals surface area contributed by atoms with Crippen LogP contribution >= 0.6 is 0 Å². The SMILES string of the molecule is CC(C)c1ccc(S(=O)(=O)N2CCN(C(=O)c3cc(=O)c4ccccc4o3)CC2)cc1. The first-order valence-electron chi connectivity index (χ1n) is 10.2. The fourth-order valence-electron chi connectivity index (χ4n) is 3.67. The molecule has 0 bridgehead atoms. The summed E-state index contributed by atoms with van der Waals surface area (Å²) in [5.41, 5.74) is 1.15. The van der Waals surface area contributed by atoms with E-state index in [-0.39, 0.29) is 42.3 Å². The molecule has 1 aliphatic rings. The van der Waals surface area contributed by atoms with Crippen LogP contribution in [-0.2, 0) is 10.0 Å². The molecule has 1 aromatic heterocycles. The molecule has 1 saturated heterocycles. The van der Waals surface area contributed by atoms with Gasteiger partial charge in [-0.25, -0.2) is 8.42 Å². The average molecular weight is 441 g/mol. The number of para-hydroxylation sites is 1. The molecule has 0 N–H and O–H groups in total. The molecule has 2 heterocycles. The Morgan fingerprint density at radius 3 is 2.26 bits per heavy atom. The molecule has 2 aromatic carbocycles. The lowest BCUT2D eigenvalue weighted by atomic mass is 10.0. The van der Waals surface area contributed by atoms with Crippen molar-refractivity contribution in [1.29, 1.82) is 0 Å². The summed E-state index contributed by atoms with van der Waals surface area (Å²) in [6, 6.07) is 14.9. The van der Waals surface area contributed by atoms with Crippen LogP contribution in [0, 0.1) is 0 Å². The van der Waals surface area contributed by atoms with Crippen LogP contribution < -0.4 is 5.43 Å². The molecule has 31 heavy (non-hydrogen) atoms. The van der Waals surface area contributed by atoms with Crippen molar-refractivity contribution in [2.24, 2.45) is 0 Å². The third kappa shape index (κ3) is 4.13. The molecule has 0 aliphatic carbocycles. The fraction of sp³-hybridized carbons (Fsp3) is 0.304. The third-order valence-electron chi connectivity index (χ3n) is 5.56. The Hall–Kier alpha value is -2.97. The molecule has 7 nitrogen and oxygen atoms in total. The zero-order valence-corrected chi connectivity index (χ0v) is 18.3. The minimum absolute atomic E-state index is 0.0377. The maximum absolute atomic E-state index is 13.0. The number of benzene rings is 2. The predicted octanol–water partition coefficient (Wildman–Crippen LogP) is 3.06. The minimum atomic E-state index is -3.63. The first kappa shape index (κ1) is 21.3. The Balaban J connectivity index is 1.48. The number of piperazine rings is 1. The van der Waals surface area contributed by atoms with E-state index < -0.39 is 15.9 Å². The van der Waals surface area contributed by atoms with Gasteiger partial charge >= 0.3 is 0 Å². The van der Waals surface area contributed by atoms with E-state index in [2.05, 4.69) is 13.8 Å². The number of nitrogens with zero attached hydrogens (tertiary/aromatic N) is 2. The highest BCUT2D eigenvalue weighted by molar-refractivity contribution is 7.89. The van der Waals surface area contributed by atoms with Crippen LogP contribution in [0.4, 0.5) is 0 Å². The van der Waals surface area contributed by atoms with Gasteiger partial charge in [-0.1, -0.05) is 38.1 Å². The molecule has 1 aliphatic heterocycles. The molecule has 1 amide bonds. The quantitative estimate of drug-likeness (QED) is 0.622. The number of amides is 1. The van der Waals surface area contributed by atoms with E-state index in [0.29, 0.717) is 16.9 Å². The normalized spacial score (nSPS) is 15.5. The molecule has 162 valence electrons. The Morgan fingerprint density at radius 2 is 1.61 bits per heavy atom. The molecule has 0 atom stereocenters. The molecule has 3 aromatic rings. The van der Waals surface area contributed by atoms with Crippen molar-refractivity contribution in [2.75, 3.05) is 26.2 Å². The van der Waals surface area contributed by atoms with Gasteiger partial charge in [-0.15, -0.1) is 0 Å². The summed E-state index contributed by atoms with van der Waals surface area (Å²) in [5, 5.41) is 0.415. The van der Waals surface area contributed by atoms with Gasteiger partial charge in [0.2, 0.25) is 10.0 Å². The lowest BCUT2D eigenvalue weighted by molar-refractivity contribution is 0.0666. The van der Waals surface area contributed by atoms with Gasteiger partial charge in [0.25, 0.3) is 5.91 Å². The molecule has 0 radical (unpaired) electrons. The summed E-state index contributed by atoms with van der Waals surface area (Å²) in [6.07, 6.45) is 0. The van der Waals surface area contributed by atoms with Crippen molar-refractivity contribution < 1.29 is 17.6 Å². The molecular formula is C23H24N2O5S. The van der Waals surface area contributed by atoms with Crippen LogP contribution in [0.25, 0.3) is 11.0 Å². The maximum Gasteiger partial charge on any atom is 0.289 e. The largest absolute Gasteiger partial charge is 0.451 e. The standard InChI is InChI=1S/C23H24N2O5S/c1-16(2)17-7-9-18(10-8-17)31(28,29)25-13-11-24(12-14-25)23(27)22-15-20(26)19-5-3-4-6-21(19)30-22/h3-10,15-16H,11-14H2,1-2H3. The maximum atomic E-state index is 13.0. The van der Waals surface area contributed by atoms with Crippen LogP contribution in [0.15, 0.2) is 68.7 Å². The van der Waals surface area contributed by atoms with Gasteiger partial charge < -0.3 is 9.32 Å². The van der Waals surface area contributed by atoms with Crippen LogP contribution in [0.2, 0.25) is 0 Å². The molecule has 8 heteroatoms. The van der Waals surface area contributed by atoms with Gasteiger partial charge in [-0.2, -0.15) is 4.31 Å². The smallest absolute Gasteiger partial charge is 0.289 e. The van der Waals surface area contributed by atoms with Crippen molar-refractivity contribution in [1.82, 2.24) is 9.21 Å². The number of rotatable bonds is 4. The molecular weight excluding hydrogens is 416 g/mol. The number of sulfonamides is 1. The van der Waals surface area contributed by atoms with E-state index >= 15 is 0 Å². The van der Waals surface area contributed by atoms with Gasteiger partial charge in [0.15, 0.2) is 11.2 Å². The zero-order valence-electron chi connectivity index (χ0n) is 17.4. The van der Waals surface area contributed by atoms with Crippen molar-refractivity contribution in [3.63, 3.8) is 0 Å². The predicted molar refractivity (Wildman–Crippen MR) is 118 cm³/mol.